The molecule has 0 radical (unpaired) electrons. The summed E-state index contributed by atoms with van der Waals surface area (Å²) in [6.45, 7) is 6.54. The summed E-state index contributed by atoms with van der Waals surface area (Å²) in [5, 5.41) is 0. The lowest BCUT2D eigenvalue weighted by atomic mass is 10.1. The second kappa shape index (κ2) is 8.82. The molecule has 0 aliphatic carbocycles. The lowest BCUT2D eigenvalue weighted by molar-refractivity contribution is -0.166. The van der Waals surface area contributed by atoms with Gasteiger partial charge in [0.25, 0.3) is 5.91 Å². The number of morpholine rings is 1. The van der Waals surface area contributed by atoms with Gasteiger partial charge in [-0.3, -0.25) is 14.4 Å². The normalized spacial score (nSPS) is 25.7. The molecule has 0 saturated carbocycles. The highest BCUT2D eigenvalue weighted by Gasteiger charge is 2.38. The predicted molar refractivity (Wildman–Crippen MR) is 106 cm³/mol. The number of nitrogens with zero attached hydrogens (tertiary/aromatic N) is 2. The van der Waals surface area contributed by atoms with Crippen LogP contribution >= 0.6 is 0 Å². The van der Waals surface area contributed by atoms with Crippen LogP contribution in [0.25, 0.3) is 0 Å². The molecule has 3 rings (SSSR count). The van der Waals surface area contributed by atoms with Gasteiger partial charge >= 0.3 is 5.97 Å². The van der Waals surface area contributed by atoms with Gasteiger partial charge in [-0.05, 0) is 32.9 Å². The Bertz CT molecular complexity index is 772. The first-order chi connectivity index (χ1) is 13.8. The van der Waals surface area contributed by atoms with Crippen LogP contribution in [0.5, 0.6) is 5.75 Å². The summed E-state index contributed by atoms with van der Waals surface area (Å²) in [5.74, 6) is -0.899. The van der Waals surface area contributed by atoms with E-state index in [0.717, 1.165) is 0 Å². The van der Waals surface area contributed by atoms with Crippen LogP contribution in [0.2, 0.25) is 0 Å². The Morgan fingerprint density at radius 2 is 1.86 bits per heavy atom. The summed E-state index contributed by atoms with van der Waals surface area (Å²) in [5.41, 5.74) is 0.671. The number of hydrogen-bond acceptors (Lipinski definition) is 6. The van der Waals surface area contributed by atoms with Gasteiger partial charge in [-0.25, -0.2) is 0 Å². The molecule has 0 N–H and O–H groups in total. The SMILES string of the molecule is COc1cccc(N2CC(C(=O)OC(C)C(=O)N3CC(C)OC(C)C3)CC2=O)c1. The van der Waals surface area contributed by atoms with E-state index in [1.165, 1.54) is 0 Å². The topological polar surface area (TPSA) is 85.4 Å². The number of amides is 2. The van der Waals surface area contributed by atoms with Gasteiger partial charge in [0.15, 0.2) is 6.10 Å². The molecule has 29 heavy (non-hydrogen) atoms. The number of rotatable bonds is 5. The van der Waals surface area contributed by atoms with Crippen LogP contribution in [0.3, 0.4) is 0 Å². The van der Waals surface area contributed by atoms with Crippen molar-refractivity contribution in [2.24, 2.45) is 5.92 Å². The number of methoxy groups -OCH3 is 1. The van der Waals surface area contributed by atoms with Crippen LogP contribution in [0, 0.1) is 5.92 Å². The fraction of sp³-hybridized carbons (Fsp3) is 0.571. The van der Waals surface area contributed by atoms with Crippen molar-refractivity contribution in [2.45, 2.75) is 45.5 Å². The Labute approximate surface area is 170 Å². The highest BCUT2D eigenvalue weighted by molar-refractivity contribution is 5.99. The zero-order valence-corrected chi connectivity index (χ0v) is 17.3. The molecule has 158 valence electrons. The maximum Gasteiger partial charge on any atom is 0.312 e. The number of esters is 1. The van der Waals surface area contributed by atoms with Crippen molar-refractivity contribution in [3.05, 3.63) is 24.3 Å². The number of ether oxygens (including phenoxy) is 3. The Kier molecular flexibility index (Phi) is 6.42. The molecule has 1 aromatic rings. The zero-order valence-electron chi connectivity index (χ0n) is 17.3. The summed E-state index contributed by atoms with van der Waals surface area (Å²) in [6, 6.07) is 7.12. The van der Waals surface area contributed by atoms with Crippen LogP contribution in [0.4, 0.5) is 5.69 Å². The van der Waals surface area contributed by atoms with Gasteiger partial charge in [-0.15, -0.1) is 0 Å². The van der Waals surface area contributed by atoms with Gasteiger partial charge < -0.3 is 24.0 Å². The summed E-state index contributed by atoms with van der Waals surface area (Å²) < 4.78 is 16.3. The molecule has 8 heteroatoms. The van der Waals surface area contributed by atoms with Gasteiger partial charge in [-0.1, -0.05) is 6.07 Å². The standard InChI is InChI=1S/C21H28N2O6/c1-13-10-22(11-14(2)28-13)20(25)15(3)29-21(26)16-8-19(24)23(12-16)17-6-5-7-18(9-17)27-4/h5-7,9,13-16H,8,10-12H2,1-4H3. The van der Waals surface area contributed by atoms with Crippen molar-refractivity contribution in [1.29, 1.82) is 0 Å². The van der Waals surface area contributed by atoms with E-state index in [9.17, 15) is 14.4 Å². The number of anilines is 1. The van der Waals surface area contributed by atoms with Gasteiger partial charge in [0.1, 0.15) is 5.75 Å². The van der Waals surface area contributed by atoms with Crippen molar-refractivity contribution in [2.75, 3.05) is 31.6 Å². The summed E-state index contributed by atoms with van der Waals surface area (Å²) in [7, 11) is 1.56. The molecule has 4 atom stereocenters. The number of hydrogen-bond donors (Lipinski definition) is 0. The van der Waals surface area contributed by atoms with Crippen LogP contribution in [-0.2, 0) is 23.9 Å². The van der Waals surface area contributed by atoms with E-state index in [4.69, 9.17) is 14.2 Å². The van der Waals surface area contributed by atoms with Crippen LogP contribution < -0.4 is 9.64 Å². The second-order valence-corrected chi connectivity index (χ2v) is 7.69. The third-order valence-corrected chi connectivity index (χ3v) is 5.20. The molecular weight excluding hydrogens is 376 g/mol. The van der Waals surface area contributed by atoms with Crippen molar-refractivity contribution in [3.8, 4) is 5.75 Å². The Balaban J connectivity index is 1.59. The molecule has 2 saturated heterocycles. The first kappa shape index (κ1) is 21.1. The second-order valence-electron chi connectivity index (χ2n) is 7.69. The molecule has 2 aliphatic rings. The summed E-state index contributed by atoms with van der Waals surface area (Å²) in [4.78, 5) is 40.9. The van der Waals surface area contributed by atoms with Crippen LogP contribution in [-0.4, -0.2) is 67.7 Å². The molecule has 2 heterocycles. The van der Waals surface area contributed by atoms with E-state index in [0.29, 0.717) is 24.5 Å². The highest BCUT2D eigenvalue weighted by atomic mass is 16.5. The van der Waals surface area contributed by atoms with E-state index in [1.807, 2.05) is 13.8 Å². The molecular formula is C21H28N2O6. The lowest BCUT2D eigenvalue weighted by Gasteiger charge is -2.36. The summed E-state index contributed by atoms with van der Waals surface area (Å²) in [6.07, 6.45) is -0.965. The average molecular weight is 404 g/mol. The van der Waals surface area contributed by atoms with Gasteiger partial charge in [0.2, 0.25) is 5.91 Å². The maximum absolute atomic E-state index is 12.7. The molecule has 0 aromatic heterocycles. The monoisotopic (exact) mass is 404 g/mol. The minimum atomic E-state index is -0.902. The van der Waals surface area contributed by atoms with Crippen molar-refractivity contribution >= 4 is 23.5 Å². The first-order valence-electron chi connectivity index (χ1n) is 9.87. The molecule has 4 unspecified atom stereocenters. The molecule has 2 fully saturated rings. The quantitative estimate of drug-likeness (QED) is 0.694. The fourth-order valence-electron chi connectivity index (χ4n) is 3.83. The Morgan fingerprint density at radius 3 is 2.52 bits per heavy atom. The van der Waals surface area contributed by atoms with E-state index < -0.39 is 18.0 Å². The van der Waals surface area contributed by atoms with Crippen LogP contribution in [0.15, 0.2) is 24.3 Å². The van der Waals surface area contributed by atoms with Gasteiger partial charge in [-0.2, -0.15) is 0 Å². The predicted octanol–water partition coefficient (Wildman–Crippen LogP) is 1.62. The minimum Gasteiger partial charge on any atom is -0.497 e. The van der Waals surface area contributed by atoms with Gasteiger partial charge in [0.05, 0.1) is 25.2 Å². The van der Waals surface area contributed by atoms with E-state index >= 15 is 0 Å². The van der Waals surface area contributed by atoms with Crippen LogP contribution in [0.1, 0.15) is 27.2 Å². The Hall–Kier alpha value is -2.61. The molecule has 0 spiro atoms. The third kappa shape index (κ3) is 4.87. The number of benzene rings is 1. The smallest absolute Gasteiger partial charge is 0.312 e. The third-order valence-electron chi connectivity index (χ3n) is 5.20. The number of carbonyl (C=O) groups excluding carboxylic acids is 3. The van der Waals surface area contributed by atoms with Crippen molar-refractivity contribution < 1.29 is 28.6 Å². The first-order valence-corrected chi connectivity index (χ1v) is 9.87. The molecule has 8 nitrogen and oxygen atoms in total. The maximum atomic E-state index is 12.7. The summed E-state index contributed by atoms with van der Waals surface area (Å²) >= 11 is 0. The largest absolute Gasteiger partial charge is 0.497 e. The lowest BCUT2D eigenvalue weighted by Crippen LogP contribution is -2.51. The molecule has 2 aliphatic heterocycles. The average Bonchev–Trinajstić information content (AvgIpc) is 3.08. The minimum absolute atomic E-state index is 0.0581. The molecule has 0 bridgehead atoms. The van der Waals surface area contributed by atoms with E-state index in [1.54, 1.807) is 48.1 Å². The fourth-order valence-corrected chi connectivity index (χ4v) is 3.83. The van der Waals surface area contributed by atoms with E-state index in [2.05, 4.69) is 0 Å². The van der Waals surface area contributed by atoms with Gasteiger partial charge in [0, 0.05) is 37.8 Å². The molecule has 2 amide bonds. The van der Waals surface area contributed by atoms with Crippen molar-refractivity contribution in [3.63, 3.8) is 0 Å². The zero-order chi connectivity index (χ0) is 21.1. The van der Waals surface area contributed by atoms with E-state index in [-0.39, 0.29) is 37.0 Å². The number of carbonyl (C=O) groups is 3. The van der Waals surface area contributed by atoms with Crippen molar-refractivity contribution in [1.82, 2.24) is 4.90 Å². The highest BCUT2D eigenvalue weighted by Crippen LogP contribution is 2.28. The molecule has 1 aromatic carbocycles. The Morgan fingerprint density at radius 1 is 1.17 bits per heavy atom.